The lowest BCUT2D eigenvalue weighted by Gasteiger charge is -2.11. The Morgan fingerprint density at radius 2 is 1.11 bits per heavy atom. The fourth-order valence-electron chi connectivity index (χ4n) is 5.53. The third-order valence-electron chi connectivity index (χ3n) is 7.22. The van der Waals surface area contributed by atoms with Gasteiger partial charge in [-0.3, -0.25) is 4.99 Å². The number of aromatic nitrogens is 2. The van der Waals surface area contributed by atoms with Gasteiger partial charge in [-0.25, -0.2) is 0 Å². The van der Waals surface area contributed by atoms with Crippen molar-refractivity contribution in [2.24, 2.45) is 4.99 Å². The first-order valence-electron chi connectivity index (χ1n) is 12.4. The molecule has 2 aromatic heterocycles. The Labute approximate surface area is 209 Å². The molecule has 0 aliphatic heterocycles. The van der Waals surface area contributed by atoms with Crippen molar-refractivity contribution in [1.29, 1.82) is 0 Å². The normalized spacial score (nSPS) is 12.3. The molecule has 7 aromatic rings. The second-order valence-corrected chi connectivity index (χ2v) is 9.24. The number of rotatable bonds is 4. The van der Waals surface area contributed by atoms with E-state index in [0.717, 1.165) is 17.0 Å². The maximum Gasteiger partial charge on any atom is 0.115 e. The number of benzene rings is 5. The number of para-hydroxylation sites is 3. The standard InChI is InChI=1S/C33H25N3/c1-23(24-12-4-2-5-13-24)34-22-35-30-18-10-8-16-26(30)28-20-21-29-27-17-9-11-19-31(27)36(33(29)32(28)35)25-14-6-3-7-15-25/h2-21H,22H2,1H3/b34-23+. The average Bonchev–Trinajstić information content (AvgIpc) is 3.45. The fraction of sp³-hybridized carbons (Fsp3) is 0.0606. The van der Waals surface area contributed by atoms with Crippen LogP contribution in [0.15, 0.2) is 126 Å². The van der Waals surface area contributed by atoms with Gasteiger partial charge in [0.15, 0.2) is 0 Å². The van der Waals surface area contributed by atoms with Gasteiger partial charge in [0, 0.05) is 32.9 Å². The molecule has 0 amide bonds. The van der Waals surface area contributed by atoms with Gasteiger partial charge in [-0.2, -0.15) is 0 Å². The molecule has 172 valence electrons. The second-order valence-electron chi connectivity index (χ2n) is 9.24. The predicted octanol–water partition coefficient (Wildman–Crippen LogP) is 8.36. The van der Waals surface area contributed by atoms with Crippen LogP contribution in [0.5, 0.6) is 0 Å². The van der Waals surface area contributed by atoms with Crippen molar-refractivity contribution in [2.75, 3.05) is 0 Å². The Bertz CT molecular complexity index is 1910. The topological polar surface area (TPSA) is 22.2 Å². The van der Waals surface area contributed by atoms with Gasteiger partial charge < -0.3 is 9.13 Å². The average molecular weight is 464 g/mol. The number of nitrogens with zero attached hydrogens (tertiary/aromatic N) is 3. The van der Waals surface area contributed by atoms with Crippen LogP contribution in [0.4, 0.5) is 0 Å². The molecule has 0 unspecified atom stereocenters. The smallest absolute Gasteiger partial charge is 0.115 e. The van der Waals surface area contributed by atoms with Crippen molar-refractivity contribution in [2.45, 2.75) is 13.6 Å². The lowest BCUT2D eigenvalue weighted by Crippen LogP contribution is -2.02. The van der Waals surface area contributed by atoms with E-state index in [4.69, 9.17) is 4.99 Å². The van der Waals surface area contributed by atoms with Gasteiger partial charge >= 0.3 is 0 Å². The van der Waals surface area contributed by atoms with Gasteiger partial charge in [0.05, 0.1) is 22.1 Å². The first-order valence-corrected chi connectivity index (χ1v) is 12.4. The molecule has 0 aliphatic carbocycles. The minimum atomic E-state index is 0.556. The van der Waals surface area contributed by atoms with Crippen LogP contribution < -0.4 is 0 Å². The summed E-state index contributed by atoms with van der Waals surface area (Å²) in [5.74, 6) is 0. The van der Waals surface area contributed by atoms with Gasteiger partial charge in [-0.05, 0) is 36.8 Å². The third-order valence-corrected chi connectivity index (χ3v) is 7.22. The Morgan fingerprint density at radius 1 is 0.556 bits per heavy atom. The summed E-state index contributed by atoms with van der Waals surface area (Å²) in [5.41, 5.74) is 8.22. The van der Waals surface area contributed by atoms with Crippen molar-refractivity contribution in [1.82, 2.24) is 9.13 Å². The van der Waals surface area contributed by atoms with Crippen LogP contribution >= 0.6 is 0 Å². The molecule has 36 heavy (non-hydrogen) atoms. The summed E-state index contributed by atoms with van der Waals surface area (Å²) in [5, 5.41) is 5.03. The van der Waals surface area contributed by atoms with Crippen LogP contribution in [0.25, 0.3) is 49.3 Å². The molecule has 0 saturated heterocycles. The van der Waals surface area contributed by atoms with E-state index >= 15 is 0 Å². The van der Waals surface area contributed by atoms with Crippen molar-refractivity contribution >= 4 is 49.3 Å². The summed E-state index contributed by atoms with van der Waals surface area (Å²) in [6, 6.07) is 43.1. The molecule has 0 N–H and O–H groups in total. The van der Waals surface area contributed by atoms with E-state index in [1.54, 1.807) is 0 Å². The molecule has 0 bridgehead atoms. The predicted molar refractivity (Wildman–Crippen MR) is 152 cm³/mol. The summed E-state index contributed by atoms with van der Waals surface area (Å²) >= 11 is 0. The van der Waals surface area contributed by atoms with E-state index in [1.807, 2.05) is 6.07 Å². The van der Waals surface area contributed by atoms with Gasteiger partial charge in [-0.15, -0.1) is 0 Å². The van der Waals surface area contributed by atoms with Gasteiger partial charge in [0.2, 0.25) is 0 Å². The number of fused-ring (bicyclic) bond motifs is 7. The molecule has 0 fully saturated rings. The Morgan fingerprint density at radius 3 is 1.83 bits per heavy atom. The molecule has 0 radical (unpaired) electrons. The van der Waals surface area contributed by atoms with Gasteiger partial charge in [0.1, 0.15) is 6.67 Å². The molecule has 7 rings (SSSR count). The van der Waals surface area contributed by atoms with E-state index in [1.165, 1.54) is 43.6 Å². The number of aliphatic imine (C=N–C) groups is 1. The van der Waals surface area contributed by atoms with Crippen molar-refractivity contribution in [3.05, 3.63) is 127 Å². The van der Waals surface area contributed by atoms with Crippen molar-refractivity contribution in [3.63, 3.8) is 0 Å². The Kier molecular flexibility index (Phi) is 4.74. The van der Waals surface area contributed by atoms with Crippen LogP contribution in [0.3, 0.4) is 0 Å². The zero-order valence-corrected chi connectivity index (χ0v) is 20.1. The van der Waals surface area contributed by atoms with Crippen LogP contribution in [0.1, 0.15) is 12.5 Å². The van der Waals surface area contributed by atoms with Gasteiger partial charge in [0.25, 0.3) is 0 Å². The Hall–Kier alpha value is -4.63. The number of hydrogen-bond acceptors (Lipinski definition) is 1. The van der Waals surface area contributed by atoms with E-state index in [2.05, 4.69) is 131 Å². The summed E-state index contributed by atoms with van der Waals surface area (Å²) in [6.07, 6.45) is 0. The van der Waals surface area contributed by atoms with E-state index in [9.17, 15) is 0 Å². The van der Waals surface area contributed by atoms with Crippen molar-refractivity contribution < 1.29 is 0 Å². The zero-order chi connectivity index (χ0) is 24.1. The highest BCUT2D eigenvalue weighted by molar-refractivity contribution is 6.23. The lowest BCUT2D eigenvalue weighted by atomic mass is 10.1. The molecule has 3 heteroatoms. The molecular formula is C33H25N3. The molecule has 2 heterocycles. The maximum atomic E-state index is 5.07. The van der Waals surface area contributed by atoms with Gasteiger partial charge in [-0.1, -0.05) is 97.1 Å². The van der Waals surface area contributed by atoms with Crippen molar-refractivity contribution in [3.8, 4) is 5.69 Å². The fourth-order valence-corrected chi connectivity index (χ4v) is 5.53. The Balaban J connectivity index is 1.60. The highest BCUT2D eigenvalue weighted by Gasteiger charge is 2.19. The summed E-state index contributed by atoms with van der Waals surface area (Å²) in [6.45, 7) is 2.65. The van der Waals surface area contributed by atoms with Crippen LogP contribution in [-0.2, 0) is 6.67 Å². The molecule has 0 spiro atoms. The molecule has 0 aliphatic rings. The summed E-state index contributed by atoms with van der Waals surface area (Å²) in [7, 11) is 0. The first-order chi connectivity index (χ1) is 17.8. The zero-order valence-electron chi connectivity index (χ0n) is 20.1. The molecule has 0 saturated carbocycles. The SMILES string of the molecule is C/C(=N\Cn1c2ccccc2c2ccc3c4ccccc4n(-c4ccccc4)c3c21)c1ccccc1. The van der Waals surface area contributed by atoms with Crippen LogP contribution in [0.2, 0.25) is 0 Å². The van der Waals surface area contributed by atoms with E-state index < -0.39 is 0 Å². The quantitative estimate of drug-likeness (QED) is 0.234. The minimum absolute atomic E-state index is 0.556. The monoisotopic (exact) mass is 463 g/mol. The largest absolute Gasteiger partial charge is 0.318 e. The lowest BCUT2D eigenvalue weighted by molar-refractivity contribution is 0.793. The maximum absolute atomic E-state index is 5.07. The minimum Gasteiger partial charge on any atom is -0.318 e. The second kappa shape index (κ2) is 8.24. The first kappa shape index (κ1) is 20.7. The van der Waals surface area contributed by atoms with E-state index in [0.29, 0.717) is 6.67 Å². The molecule has 0 atom stereocenters. The van der Waals surface area contributed by atoms with Crippen LogP contribution in [0, 0.1) is 0 Å². The molecule has 3 nitrogen and oxygen atoms in total. The summed E-state index contributed by atoms with van der Waals surface area (Å²) < 4.78 is 4.80. The highest BCUT2D eigenvalue weighted by atomic mass is 15.1. The number of hydrogen-bond donors (Lipinski definition) is 0. The highest BCUT2D eigenvalue weighted by Crippen LogP contribution is 2.40. The summed E-state index contributed by atoms with van der Waals surface area (Å²) in [4.78, 5) is 5.07. The molecular weight excluding hydrogens is 438 g/mol. The molecule has 5 aromatic carbocycles. The third kappa shape index (κ3) is 3.10. The van der Waals surface area contributed by atoms with Crippen LogP contribution in [-0.4, -0.2) is 14.8 Å². The van der Waals surface area contributed by atoms with E-state index in [-0.39, 0.29) is 0 Å².